The van der Waals surface area contributed by atoms with E-state index in [1.807, 2.05) is 6.92 Å². The van der Waals surface area contributed by atoms with Crippen LogP contribution in [0, 0.1) is 6.92 Å². The van der Waals surface area contributed by atoms with Crippen molar-refractivity contribution >= 4 is 5.69 Å². The number of aliphatic hydroxyl groups excluding tert-OH is 1. The smallest absolute Gasteiger partial charge is 0.0712 e. The maximum atomic E-state index is 9.75. The van der Waals surface area contributed by atoms with Gasteiger partial charge in [-0.2, -0.15) is 0 Å². The first-order valence-corrected chi connectivity index (χ1v) is 6.23. The Morgan fingerprint density at radius 1 is 1.44 bits per heavy atom. The Balaban J connectivity index is 2.19. The van der Waals surface area contributed by atoms with Crippen molar-refractivity contribution in [1.29, 1.82) is 0 Å². The van der Waals surface area contributed by atoms with Gasteiger partial charge >= 0.3 is 0 Å². The normalized spacial score (nSPS) is 17.1. The molecule has 0 amide bonds. The third-order valence-electron chi connectivity index (χ3n) is 3.35. The Hall–Kier alpha value is -1.02. The predicted octanol–water partition coefficient (Wildman–Crippen LogP) is 2.52. The SMILES string of the molecule is CCC(O)CN1CCCc2cc(C)ccc21. The first-order valence-electron chi connectivity index (χ1n) is 6.23. The molecule has 88 valence electrons. The first kappa shape index (κ1) is 11.5. The van der Waals surface area contributed by atoms with Gasteiger partial charge < -0.3 is 10.0 Å². The molecule has 0 bridgehead atoms. The van der Waals surface area contributed by atoms with Crippen LogP contribution in [0.25, 0.3) is 0 Å². The molecule has 1 heterocycles. The lowest BCUT2D eigenvalue weighted by atomic mass is 9.99. The van der Waals surface area contributed by atoms with Crippen LogP contribution in [0.15, 0.2) is 18.2 Å². The van der Waals surface area contributed by atoms with Gasteiger partial charge in [0.05, 0.1) is 6.10 Å². The van der Waals surface area contributed by atoms with E-state index >= 15 is 0 Å². The van der Waals surface area contributed by atoms with Crippen LogP contribution in [0.5, 0.6) is 0 Å². The topological polar surface area (TPSA) is 23.5 Å². The summed E-state index contributed by atoms with van der Waals surface area (Å²) in [5.41, 5.74) is 4.09. The van der Waals surface area contributed by atoms with Crippen molar-refractivity contribution in [1.82, 2.24) is 0 Å². The van der Waals surface area contributed by atoms with Gasteiger partial charge in [-0.1, -0.05) is 24.6 Å². The first-order chi connectivity index (χ1) is 7.70. The second-order valence-corrected chi connectivity index (χ2v) is 4.74. The number of aliphatic hydroxyl groups is 1. The number of β-amino-alcohol motifs (C(OH)–C–C–N with tert-alkyl or cyclic N) is 1. The van der Waals surface area contributed by atoms with Crippen LogP contribution in [0.2, 0.25) is 0 Å². The molecule has 1 aliphatic rings. The summed E-state index contributed by atoms with van der Waals surface area (Å²) in [7, 11) is 0. The zero-order valence-corrected chi connectivity index (χ0v) is 10.2. The number of benzene rings is 1. The van der Waals surface area contributed by atoms with Crippen LogP contribution in [0.4, 0.5) is 5.69 Å². The molecular formula is C14H21NO. The largest absolute Gasteiger partial charge is 0.391 e. The highest BCUT2D eigenvalue weighted by Gasteiger charge is 2.18. The highest BCUT2D eigenvalue weighted by Crippen LogP contribution is 2.28. The number of aryl methyl sites for hydroxylation is 2. The van der Waals surface area contributed by atoms with Crippen molar-refractivity contribution < 1.29 is 5.11 Å². The second kappa shape index (κ2) is 4.88. The summed E-state index contributed by atoms with van der Waals surface area (Å²) in [6, 6.07) is 6.64. The van der Waals surface area contributed by atoms with Crippen molar-refractivity contribution in [2.24, 2.45) is 0 Å². The van der Waals surface area contributed by atoms with E-state index in [0.29, 0.717) is 0 Å². The fourth-order valence-electron chi connectivity index (χ4n) is 2.38. The number of hydrogen-bond acceptors (Lipinski definition) is 2. The van der Waals surface area contributed by atoms with Gasteiger partial charge in [0.2, 0.25) is 0 Å². The fourth-order valence-corrected chi connectivity index (χ4v) is 2.38. The van der Waals surface area contributed by atoms with Crippen molar-refractivity contribution in [3.63, 3.8) is 0 Å². The van der Waals surface area contributed by atoms with Gasteiger partial charge in [-0.05, 0) is 37.8 Å². The minimum atomic E-state index is -0.202. The molecule has 16 heavy (non-hydrogen) atoms. The van der Waals surface area contributed by atoms with Gasteiger partial charge in [0.25, 0.3) is 0 Å². The summed E-state index contributed by atoms with van der Waals surface area (Å²) in [6.07, 6.45) is 3.01. The molecule has 0 aromatic heterocycles. The fraction of sp³-hybridized carbons (Fsp3) is 0.571. The van der Waals surface area contributed by atoms with Gasteiger partial charge in [0, 0.05) is 18.8 Å². The molecule has 2 heteroatoms. The van der Waals surface area contributed by atoms with Crippen molar-refractivity contribution in [3.05, 3.63) is 29.3 Å². The molecule has 1 N–H and O–H groups in total. The zero-order valence-electron chi connectivity index (χ0n) is 10.2. The van der Waals surface area contributed by atoms with Crippen LogP contribution in [-0.2, 0) is 6.42 Å². The lowest BCUT2D eigenvalue weighted by Crippen LogP contribution is -2.36. The molecule has 0 fully saturated rings. The van der Waals surface area contributed by atoms with Gasteiger partial charge in [0.1, 0.15) is 0 Å². The highest BCUT2D eigenvalue weighted by molar-refractivity contribution is 5.56. The van der Waals surface area contributed by atoms with E-state index in [1.165, 1.54) is 29.7 Å². The lowest BCUT2D eigenvalue weighted by Gasteiger charge is -2.33. The molecule has 1 aliphatic heterocycles. The van der Waals surface area contributed by atoms with E-state index in [0.717, 1.165) is 19.5 Å². The molecule has 1 aromatic carbocycles. The number of hydrogen-bond donors (Lipinski definition) is 1. The van der Waals surface area contributed by atoms with E-state index in [4.69, 9.17) is 0 Å². The van der Waals surface area contributed by atoms with Crippen LogP contribution in [-0.4, -0.2) is 24.3 Å². The summed E-state index contributed by atoms with van der Waals surface area (Å²) in [4.78, 5) is 2.33. The minimum absolute atomic E-state index is 0.202. The van der Waals surface area contributed by atoms with Gasteiger partial charge in [0.15, 0.2) is 0 Å². The third kappa shape index (κ3) is 2.38. The van der Waals surface area contributed by atoms with E-state index in [2.05, 4.69) is 30.0 Å². The second-order valence-electron chi connectivity index (χ2n) is 4.74. The van der Waals surface area contributed by atoms with Crippen molar-refractivity contribution in [3.8, 4) is 0 Å². The van der Waals surface area contributed by atoms with Crippen LogP contribution < -0.4 is 4.90 Å². The molecule has 0 spiro atoms. The Bertz CT molecular complexity index is 362. The zero-order chi connectivity index (χ0) is 11.5. The monoisotopic (exact) mass is 219 g/mol. The van der Waals surface area contributed by atoms with Gasteiger partial charge in [-0.15, -0.1) is 0 Å². The molecule has 1 atom stereocenters. The molecule has 2 nitrogen and oxygen atoms in total. The third-order valence-corrected chi connectivity index (χ3v) is 3.35. The number of anilines is 1. The Kier molecular flexibility index (Phi) is 3.49. The predicted molar refractivity (Wildman–Crippen MR) is 68.0 cm³/mol. The van der Waals surface area contributed by atoms with E-state index in [9.17, 15) is 5.11 Å². The molecule has 0 saturated carbocycles. The van der Waals surface area contributed by atoms with E-state index in [-0.39, 0.29) is 6.10 Å². The van der Waals surface area contributed by atoms with Gasteiger partial charge in [-0.3, -0.25) is 0 Å². The molecule has 1 unspecified atom stereocenters. The van der Waals surface area contributed by atoms with Gasteiger partial charge in [-0.25, -0.2) is 0 Å². The summed E-state index contributed by atoms with van der Waals surface area (Å²) in [5, 5.41) is 9.75. The number of rotatable bonds is 3. The lowest BCUT2D eigenvalue weighted by molar-refractivity contribution is 0.175. The molecule has 0 aliphatic carbocycles. The molecule has 0 saturated heterocycles. The van der Waals surface area contributed by atoms with Crippen LogP contribution >= 0.6 is 0 Å². The average molecular weight is 219 g/mol. The molecule has 0 radical (unpaired) electrons. The molecule has 2 rings (SSSR count). The summed E-state index contributed by atoms with van der Waals surface area (Å²) < 4.78 is 0. The van der Waals surface area contributed by atoms with Crippen LogP contribution in [0.1, 0.15) is 30.9 Å². The Morgan fingerprint density at radius 3 is 3.00 bits per heavy atom. The number of nitrogens with zero attached hydrogens (tertiary/aromatic N) is 1. The Labute approximate surface area is 97.9 Å². The highest BCUT2D eigenvalue weighted by atomic mass is 16.3. The molecular weight excluding hydrogens is 198 g/mol. The van der Waals surface area contributed by atoms with E-state index in [1.54, 1.807) is 0 Å². The quantitative estimate of drug-likeness (QED) is 0.844. The van der Waals surface area contributed by atoms with Crippen molar-refractivity contribution in [2.75, 3.05) is 18.0 Å². The Morgan fingerprint density at radius 2 is 2.25 bits per heavy atom. The van der Waals surface area contributed by atoms with Crippen molar-refractivity contribution in [2.45, 2.75) is 39.2 Å². The summed E-state index contributed by atoms with van der Waals surface area (Å²) in [6.45, 7) is 6.02. The number of fused-ring (bicyclic) bond motifs is 1. The van der Waals surface area contributed by atoms with Crippen LogP contribution in [0.3, 0.4) is 0 Å². The maximum absolute atomic E-state index is 9.75. The maximum Gasteiger partial charge on any atom is 0.0712 e. The average Bonchev–Trinajstić information content (AvgIpc) is 2.28. The summed E-state index contributed by atoms with van der Waals surface area (Å²) >= 11 is 0. The standard InChI is InChI=1S/C14H21NO/c1-3-13(16)10-15-8-4-5-12-9-11(2)6-7-14(12)15/h6-7,9,13,16H,3-5,8,10H2,1-2H3. The summed E-state index contributed by atoms with van der Waals surface area (Å²) in [5.74, 6) is 0. The minimum Gasteiger partial charge on any atom is -0.391 e. The molecule has 1 aromatic rings. The van der Waals surface area contributed by atoms with E-state index < -0.39 is 0 Å².